The number of halogens is 1. The van der Waals surface area contributed by atoms with Crippen LogP contribution in [-0.2, 0) is 29.2 Å². The number of hydrogen-bond donors (Lipinski definition) is 2. The quantitative estimate of drug-likeness (QED) is 0.280. The monoisotopic (exact) mass is 511 g/mol. The van der Waals surface area contributed by atoms with Crippen molar-refractivity contribution in [3.05, 3.63) is 71.3 Å². The number of methoxy groups -OCH3 is 1. The van der Waals surface area contributed by atoms with E-state index in [1.165, 1.54) is 5.56 Å². The molecule has 0 heterocycles. The molecule has 0 aliphatic heterocycles. The predicted molar refractivity (Wildman–Crippen MR) is 131 cm³/mol. The van der Waals surface area contributed by atoms with Gasteiger partial charge < -0.3 is 20.1 Å². The van der Waals surface area contributed by atoms with Crippen LogP contribution in [0.5, 0.6) is 0 Å². The molecular formula is C23H34IN3O2. The van der Waals surface area contributed by atoms with E-state index in [-0.39, 0.29) is 29.6 Å². The van der Waals surface area contributed by atoms with E-state index in [1.54, 1.807) is 7.11 Å². The predicted octanol–water partition coefficient (Wildman–Crippen LogP) is 4.50. The number of guanidine groups is 1. The van der Waals surface area contributed by atoms with Gasteiger partial charge in [0.2, 0.25) is 0 Å². The van der Waals surface area contributed by atoms with Crippen LogP contribution in [0.25, 0.3) is 0 Å². The van der Waals surface area contributed by atoms with Crippen LogP contribution in [0.15, 0.2) is 59.6 Å². The SMILES string of the molecule is CCNC(=NCc1cccc(COCc2ccccc2)c1)NCC(C)(C)OC.I. The molecule has 2 aromatic rings. The van der Waals surface area contributed by atoms with Crippen LogP contribution in [0.4, 0.5) is 0 Å². The highest BCUT2D eigenvalue weighted by Crippen LogP contribution is 2.10. The molecule has 0 saturated heterocycles. The van der Waals surface area contributed by atoms with Crippen molar-refractivity contribution in [1.29, 1.82) is 0 Å². The Balaban J connectivity index is 0.00000420. The summed E-state index contributed by atoms with van der Waals surface area (Å²) in [6, 6.07) is 18.6. The second-order valence-electron chi connectivity index (χ2n) is 7.31. The standard InChI is InChI=1S/C23H33N3O2.HI/c1-5-24-22(26-18-23(2,3)27-4)25-15-20-12-9-13-21(14-20)17-28-16-19-10-7-6-8-11-19;/h6-14H,5,15-18H2,1-4H3,(H2,24,25,26);1H. The molecule has 29 heavy (non-hydrogen) atoms. The Labute approximate surface area is 192 Å². The van der Waals surface area contributed by atoms with Crippen LogP contribution in [0.1, 0.15) is 37.5 Å². The first-order valence-electron chi connectivity index (χ1n) is 9.79. The maximum atomic E-state index is 5.84. The van der Waals surface area contributed by atoms with E-state index >= 15 is 0 Å². The molecule has 0 aliphatic carbocycles. The minimum Gasteiger partial charge on any atom is -0.377 e. The summed E-state index contributed by atoms with van der Waals surface area (Å²) < 4.78 is 11.3. The summed E-state index contributed by atoms with van der Waals surface area (Å²) in [7, 11) is 1.72. The average Bonchev–Trinajstić information content (AvgIpc) is 2.71. The fourth-order valence-corrected chi connectivity index (χ4v) is 2.56. The number of benzene rings is 2. The lowest BCUT2D eigenvalue weighted by Gasteiger charge is -2.24. The summed E-state index contributed by atoms with van der Waals surface area (Å²) >= 11 is 0. The minimum absolute atomic E-state index is 0. The van der Waals surface area contributed by atoms with Crippen molar-refractivity contribution >= 4 is 29.9 Å². The Hall–Kier alpha value is -1.64. The molecule has 2 aromatic carbocycles. The van der Waals surface area contributed by atoms with Crippen LogP contribution in [0.3, 0.4) is 0 Å². The van der Waals surface area contributed by atoms with Gasteiger partial charge in [0.05, 0.1) is 25.4 Å². The van der Waals surface area contributed by atoms with Crippen LogP contribution in [-0.4, -0.2) is 31.8 Å². The summed E-state index contributed by atoms with van der Waals surface area (Å²) in [5, 5.41) is 6.61. The smallest absolute Gasteiger partial charge is 0.191 e. The first-order valence-corrected chi connectivity index (χ1v) is 9.79. The lowest BCUT2D eigenvalue weighted by atomic mass is 10.1. The van der Waals surface area contributed by atoms with Gasteiger partial charge in [0.15, 0.2) is 5.96 Å². The summed E-state index contributed by atoms with van der Waals surface area (Å²) in [6.45, 7) is 9.46. The van der Waals surface area contributed by atoms with Gasteiger partial charge in [-0.3, -0.25) is 0 Å². The first-order chi connectivity index (χ1) is 13.5. The van der Waals surface area contributed by atoms with Crippen LogP contribution in [0.2, 0.25) is 0 Å². The maximum Gasteiger partial charge on any atom is 0.191 e. The topological polar surface area (TPSA) is 54.9 Å². The molecule has 0 aromatic heterocycles. The molecule has 2 rings (SSSR count). The highest BCUT2D eigenvalue weighted by Gasteiger charge is 2.16. The molecule has 0 saturated carbocycles. The minimum atomic E-state index is -0.244. The van der Waals surface area contributed by atoms with E-state index < -0.39 is 0 Å². The van der Waals surface area contributed by atoms with E-state index in [0.29, 0.717) is 26.3 Å². The van der Waals surface area contributed by atoms with Crippen molar-refractivity contribution in [3.63, 3.8) is 0 Å². The van der Waals surface area contributed by atoms with E-state index in [2.05, 4.69) is 58.9 Å². The number of nitrogens with one attached hydrogen (secondary N) is 2. The molecule has 0 fully saturated rings. The van der Waals surface area contributed by atoms with Crippen molar-refractivity contribution in [2.24, 2.45) is 4.99 Å². The number of hydrogen-bond acceptors (Lipinski definition) is 3. The molecule has 160 valence electrons. The van der Waals surface area contributed by atoms with Crippen molar-refractivity contribution in [2.45, 2.75) is 46.1 Å². The number of aliphatic imine (C=N–C) groups is 1. The zero-order valence-electron chi connectivity index (χ0n) is 17.9. The van der Waals surface area contributed by atoms with E-state index in [0.717, 1.165) is 23.6 Å². The van der Waals surface area contributed by atoms with Crippen LogP contribution < -0.4 is 10.6 Å². The van der Waals surface area contributed by atoms with Gasteiger partial charge in [0.25, 0.3) is 0 Å². The highest BCUT2D eigenvalue weighted by atomic mass is 127. The number of nitrogens with zero attached hydrogens (tertiary/aromatic N) is 1. The molecule has 0 unspecified atom stereocenters. The summed E-state index contributed by atoms with van der Waals surface area (Å²) in [4.78, 5) is 4.69. The summed E-state index contributed by atoms with van der Waals surface area (Å²) in [5.74, 6) is 0.790. The third-order valence-corrected chi connectivity index (χ3v) is 4.37. The fraction of sp³-hybridized carbons (Fsp3) is 0.435. The van der Waals surface area contributed by atoms with Gasteiger partial charge in [-0.15, -0.1) is 24.0 Å². The van der Waals surface area contributed by atoms with Gasteiger partial charge in [-0.2, -0.15) is 0 Å². The Kier molecular flexibility index (Phi) is 11.9. The molecule has 0 radical (unpaired) electrons. The maximum absolute atomic E-state index is 5.84. The Morgan fingerprint density at radius 3 is 2.28 bits per heavy atom. The molecule has 0 amide bonds. The van der Waals surface area contributed by atoms with Crippen molar-refractivity contribution < 1.29 is 9.47 Å². The van der Waals surface area contributed by atoms with Gasteiger partial charge in [0, 0.05) is 20.2 Å². The molecular weight excluding hydrogens is 477 g/mol. The highest BCUT2D eigenvalue weighted by molar-refractivity contribution is 14.0. The molecule has 0 aliphatic rings. The molecule has 5 nitrogen and oxygen atoms in total. The van der Waals surface area contributed by atoms with Gasteiger partial charge >= 0.3 is 0 Å². The zero-order chi connectivity index (χ0) is 20.2. The normalized spacial score (nSPS) is 11.7. The van der Waals surface area contributed by atoms with Crippen molar-refractivity contribution in [1.82, 2.24) is 10.6 Å². The molecule has 6 heteroatoms. The molecule has 2 N–H and O–H groups in total. The van der Waals surface area contributed by atoms with Gasteiger partial charge in [-0.05, 0) is 37.5 Å². The third kappa shape index (κ3) is 10.1. The fourth-order valence-electron chi connectivity index (χ4n) is 2.56. The second kappa shape index (κ2) is 13.6. The van der Waals surface area contributed by atoms with Gasteiger partial charge in [-0.25, -0.2) is 4.99 Å². The average molecular weight is 511 g/mol. The molecule has 0 spiro atoms. The zero-order valence-corrected chi connectivity index (χ0v) is 20.2. The Morgan fingerprint density at radius 1 is 0.931 bits per heavy atom. The Bertz CT molecular complexity index is 736. The summed E-state index contributed by atoms with van der Waals surface area (Å²) in [5.41, 5.74) is 3.25. The molecule has 0 bridgehead atoms. The van der Waals surface area contributed by atoms with E-state index in [4.69, 9.17) is 9.47 Å². The largest absolute Gasteiger partial charge is 0.377 e. The van der Waals surface area contributed by atoms with Crippen molar-refractivity contribution in [2.75, 3.05) is 20.2 Å². The van der Waals surface area contributed by atoms with Crippen LogP contribution in [0, 0.1) is 0 Å². The molecule has 0 atom stereocenters. The number of ether oxygens (including phenoxy) is 2. The second-order valence-corrected chi connectivity index (χ2v) is 7.31. The Morgan fingerprint density at radius 2 is 1.59 bits per heavy atom. The van der Waals surface area contributed by atoms with E-state index in [9.17, 15) is 0 Å². The van der Waals surface area contributed by atoms with Gasteiger partial charge in [0.1, 0.15) is 0 Å². The first kappa shape index (κ1) is 25.4. The van der Waals surface area contributed by atoms with E-state index in [1.807, 2.05) is 32.0 Å². The van der Waals surface area contributed by atoms with Crippen LogP contribution >= 0.6 is 24.0 Å². The third-order valence-electron chi connectivity index (χ3n) is 4.37. The summed E-state index contributed by atoms with van der Waals surface area (Å²) in [6.07, 6.45) is 0. The number of rotatable bonds is 10. The van der Waals surface area contributed by atoms with Crippen molar-refractivity contribution in [3.8, 4) is 0 Å². The lowest BCUT2D eigenvalue weighted by molar-refractivity contribution is 0.0268. The van der Waals surface area contributed by atoms with Gasteiger partial charge in [-0.1, -0.05) is 54.6 Å². The lowest BCUT2D eigenvalue weighted by Crippen LogP contribution is -2.45.